The van der Waals surface area contributed by atoms with Gasteiger partial charge in [0.05, 0.1) is 12.7 Å². The van der Waals surface area contributed by atoms with Crippen molar-refractivity contribution in [3.8, 4) is 0 Å². The highest BCUT2D eigenvalue weighted by molar-refractivity contribution is 5.14. The van der Waals surface area contributed by atoms with Crippen LogP contribution in [0.5, 0.6) is 0 Å². The van der Waals surface area contributed by atoms with Gasteiger partial charge in [-0.1, -0.05) is 37.3 Å². The van der Waals surface area contributed by atoms with E-state index < -0.39 is 0 Å². The molecule has 1 aromatic carbocycles. The molecule has 0 aliphatic heterocycles. The van der Waals surface area contributed by atoms with Crippen molar-refractivity contribution in [1.29, 1.82) is 0 Å². The van der Waals surface area contributed by atoms with Crippen molar-refractivity contribution < 1.29 is 4.42 Å². The Labute approximate surface area is 115 Å². The first-order valence-corrected chi connectivity index (χ1v) is 7.06. The first-order chi connectivity index (χ1) is 9.38. The Morgan fingerprint density at radius 1 is 1.16 bits per heavy atom. The average molecular weight is 258 g/mol. The molecule has 0 amide bonds. The lowest BCUT2D eigenvalue weighted by molar-refractivity contribution is 0.432. The molecule has 0 saturated heterocycles. The van der Waals surface area contributed by atoms with Crippen LogP contribution in [0.15, 0.2) is 40.9 Å². The second-order valence-corrected chi connectivity index (χ2v) is 4.74. The maximum atomic E-state index is 5.69. The van der Waals surface area contributed by atoms with Gasteiger partial charge in [0.1, 0.15) is 5.76 Å². The van der Waals surface area contributed by atoms with E-state index in [1.807, 2.05) is 6.20 Å². The van der Waals surface area contributed by atoms with E-state index in [1.54, 1.807) is 0 Å². The Bertz CT molecular complexity index is 465. The molecule has 0 bridgehead atoms. The van der Waals surface area contributed by atoms with Crippen molar-refractivity contribution in [2.45, 2.75) is 39.2 Å². The molecule has 0 fully saturated rings. The largest absolute Gasteiger partial charge is 0.444 e. The zero-order valence-electron chi connectivity index (χ0n) is 11.6. The van der Waals surface area contributed by atoms with Gasteiger partial charge in [0, 0.05) is 6.42 Å². The summed E-state index contributed by atoms with van der Waals surface area (Å²) in [6.07, 6.45) is 6.13. The molecule has 2 rings (SSSR count). The lowest BCUT2D eigenvalue weighted by Gasteiger charge is -2.00. The first-order valence-electron chi connectivity index (χ1n) is 7.06. The van der Waals surface area contributed by atoms with Gasteiger partial charge in [0.2, 0.25) is 5.89 Å². The topological polar surface area (TPSA) is 38.1 Å². The number of nitrogens with one attached hydrogen (secondary N) is 1. The van der Waals surface area contributed by atoms with Gasteiger partial charge in [-0.3, -0.25) is 0 Å². The molecule has 2 aromatic rings. The third-order valence-electron chi connectivity index (χ3n) is 3.04. The number of aromatic nitrogens is 1. The van der Waals surface area contributed by atoms with E-state index in [1.165, 1.54) is 5.56 Å². The minimum absolute atomic E-state index is 0.729. The van der Waals surface area contributed by atoms with Crippen LogP contribution >= 0.6 is 0 Å². The molecule has 1 aromatic heterocycles. The van der Waals surface area contributed by atoms with E-state index in [-0.39, 0.29) is 0 Å². The summed E-state index contributed by atoms with van der Waals surface area (Å²) in [5, 5.41) is 3.29. The predicted molar refractivity (Wildman–Crippen MR) is 77.0 cm³/mol. The maximum Gasteiger partial charge on any atom is 0.208 e. The summed E-state index contributed by atoms with van der Waals surface area (Å²) in [6.45, 7) is 3.88. The smallest absolute Gasteiger partial charge is 0.208 e. The van der Waals surface area contributed by atoms with Crippen molar-refractivity contribution in [2.24, 2.45) is 0 Å². The third-order valence-corrected chi connectivity index (χ3v) is 3.04. The zero-order valence-corrected chi connectivity index (χ0v) is 11.6. The number of rotatable bonds is 8. The van der Waals surface area contributed by atoms with Crippen LogP contribution in [-0.2, 0) is 19.4 Å². The Kier molecular flexibility index (Phi) is 5.63. The van der Waals surface area contributed by atoms with Crippen molar-refractivity contribution in [2.75, 3.05) is 6.54 Å². The van der Waals surface area contributed by atoms with E-state index in [0.29, 0.717) is 0 Å². The summed E-state index contributed by atoms with van der Waals surface area (Å²) in [4.78, 5) is 4.28. The van der Waals surface area contributed by atoms with E-state index >= 15 is 0 Å². The first kappa shape index (κ1) is 13.8. The van der Waals surface area contributed by atoms with Crippen LogP contribution in [0.3, 0.4) is 0 Å². The molecule has 0 aliphatic carbocycles. The van der Waals surface area contributed by atoms with Gasteiger partial charge in [0.15, 0.2) is 0 Å². The van der Waals surface area contributed by atoms with Crippen LogP contribution in [-0.4, -0.2) is 11.5 Å². The van der Waals surface area contributed by atoms with Crippen molar-refractivity contribution in [3.63, 3.8) is 0 Å². The van der Waals surface area contributed by atoms with Crippen LogP contribution in [0.4, 0.5) is 0 Å². The fraction of sp³-hybridized carbons (Fsp3) is 0.438. The molecule has 0 aliphatic rings. The monoisotopic (exact) mass is 258 g/mol. The molecule has 0 radical (unpaired) electrons. The molecule has 1 heterocycles. The Morgan fingerprint density at radius 2 is 2.00 bits per heavy atom. The highest BCUT2D eigenvalue weighted by Crippen LogP contribution is 2.09. The summed E-state index contributed by atoms with van der Waals surface area (Å²) in [5.74, 6) is 1.78. The van der Waals surface area contributed by atoms with Crippen molar-refractivity contribution in [1.82, 2.24) is 10.3 Å². The number of oxazole rings is 1. The van der Waals surface area contributed by atoms with Crippen molar-refractivity contribution >= 4 is 0 Å². The van der Waals surface area contributed by atoms with Gasteiger partial charge in [-0.2, -0.15) is 0 Å². The molecule has 0 atom stereocenters. The van der Waals surface area contributed by atoms with E-state index in [0.717, 1.165) is 50.4 Å². The van der Waals surface area contributed by atoms with Crippen LogP contribution in [0, 0.1) is 0 Å². The highest BCUT2D eigenvalue weighted by Gasteiger charge is 2.03. The molecule has 102 valence electrons. The van der Waals surface area contributed by atoms with Crippen LogP contribution < -0.4 is 5.32 Å². The Balaban J connectivity index is 1.71. The summed E-state index contributed by atoms with van der Waals surface area (Å²) in [7, 11) is 0. The zero-order chi connectivity index (χ0) is 13.3. The van der Waals surface area contributed by atoms with E-state index in [2.05, 4.69) is 47.6 Å². The van der Waals surface area contributed by atoms with Gasteiger partial charge in [-0.15, -0.1) is 0 Å². The summed E-state index contributed by atoms with van der Waals surface area (Å²) >= 11 is 0. The van der Waals surface area contributed by atoms with Gasteiger partial charge < -0.3 is 9.73 Å². The van der Waals surface area contributed by atoms with Gasteiger partial charge in [-0.05, 0) is 31.4 Å². The number of hydrogen-bond donors (Lipinski definition) is 1. The quantitative estimate of drug-likeness (QED) is 0.738. The summed E-state index contributed by atoms with van der Waals surface area (Å²) in [5.41, 5.74) is 1.38. The SMILES string of the molecule is CCCNCc1ncc(CCCc2ccccc2)o1. The average Bonchev–Trinajstić information content (AvgIpc) is 2.88. The molecule has 0 unspecified atom stereocenters. The maximum absolute atomic E-state index is 5.69. The van der Waals surface area contributed by atoms with Crippen LogP contribution in [0.25, 0.3) is 0 Å². The Morgan fingerprint density at radius 3 is 2.79 bits per heavy atom. The number of aryl methyl sites for hydroxylation is 2. The third kappa shape index (κ3) is 4.87. The van der Waals surface area contributed by atoms with Gasteiger partial charge in [0.25, 0.3) is 0 Å². The lowest BCUT2D eigenvalue weighted by Crippen LogP contribution is -2.13. The number of hydrogen-bond acceptors (Lipinski definition) is 3. The number of benzene rings is 1. The normalized spacial score (nSPS) is 10.8. The lowest BCUT2D eigenvalue weighted by atomic mass is 10.1. The van der Waals surface area contributed by atoms with Gasteiger partial charge in [-0.25, -0.2) is 4.98 Å². The Hall–Kier alpha value is -1.61. The molecule has 0 spiro atoms. The van der Waals surface area contributed by atoms with E-state index in [9.17, 15) is 0 Å². The standard InChI is InChI=1S/C16H22N2O/c1-2-11-17-13-16-18-12-15(19-16)10-6-9-14-7-4-3-5-8-14/h3-5,7-8,12,17H,2,6,9-11,13H2,1H3. The molecule has 3 heteroatoms. The van der Waals surface area contributed by atoms with Crippen LogP contribution in [0.1, 0.15) is 37.0 Å². The second-order valence-electron chi connectivity index (χ2n) is 4.74. The summed E-state index contributed by atoms with van der Waals surface area (Å²) in [6, 6.07) is 10.6. The minimum Gasteiger partial charge on any atom is -0.444 e. The molecule has 0 saturated carbocycles. The molecule has 1 N–H and O–H groups in total. The summed E-state index contributed by atoms with van der Waals surface area (Å²) < 4.78 is 5.69. The van der Waals surface area contributed by atoms with Crippen molar-refractivity contribution in [3.05, 3.63) is 53.7 Å². The van der Waals surface area contributed by atoms with E-state index in [4.69, 9.17) is 4.42 Å². The molecule has 3 nitrogen and oxygen atoms in total. The number of nitrogens with zero attached hydrogens (tertiary/aromatic N) is 1. The molecular formula is C16H22N2O. The predicted octanol–water partition coefficient (Wildman–Crippen LogP) is 3.35. The molecular weight excluding hydrogens is 236 g/mol. The minimum atomic E-state index is 0.729. The fourth-order valence-corrected chi connectivity index (χ4v) is 2.03. The molecule has 19 heavy (non-hydrogen) atoms. The second kappa shape index (κ2) is 7.74. The van der Waals surface area contributed by atoms with Gasteiger partial charge >= 0.3 is 0 Å². The fourth-order valence-electron chi connectivity index (χ4n) is 2.03. The highest BCUT2D eigenvalue weighted by atomic mass is 16.4. The van der Waals surface area contributed by atoms with Crippen LogP contribution in [0.2, 0.25) is 0 Å².